The van der Waals surface area contributed by atoms with Crippen molar-refractivity contribution in [2.24, 2.45) is 11.8 Å². The van der Waals surface area contributed by atoms with Gasteiger partial charge in [-0.2, -0.15) is 0 Å². The van der Waals surface area contributed by atoms with Gasteiger partial charge < -0.3 is 4.74 Å². The van der Waals surface area contributed by atoms with Crippen molar-refractivity contribution in [3.8, 4) is 0 Å². The molecule has 0 N–H and O–H groups in total. The molecule has 0 aromatic rings. The number of methoxy groups -OCH3 is 1. The lowest BCUT2D eigenvalue weighted by Gasteiger charge is -2.20. The van der Waals surface area contributed by atoms with Crippen molar-refractivity contribution < 1.29 is 9.53 Å². The summed E-state index contributed by atoms with van der Waals surface area (Å²) in [6.07, 6.45) is 5.96. The Hall–Kier alpha value is -0.530. The fourth-order valence-electron chi connectivity index (χ4n) is 1.84. The monoisotopic (exact) mass is 200 g/mol. The van der Waals surface area contributed by atoms with Gasteiger partial charge in [0.05, 0.1) is 13.0 Å². The molecule has 84 valence electrons. The topological polar surface area (TPSA) is 26.3 Å². The molecule has 0 aromatic heterocycles. The van der Waals surface area contributed by atoms with E-state index in [4.69, 9.17) is 4.74 Å². The van der Waals surface area contributed by atoms with Gasteiger partial charge in [-0.05, 0) is 12.3 Å². The molecule has 0 amide bonds. The molecule has 2 heteroatoms. The Morgan fingerprint density at radius 1 is 1.29 bits per heavy atom. The third-order valence-electron chi connectivity index (χ3n) is 2.98. The normalized spacial score (nSPS) is 14.9. The van der Waals surface area contributed by atoms with Gasteiger partial charge in [0.15, 0.2) is 0 Å². The van der Waals surface area contributed by atoms with Gasteiger partial charge in [0.2, 0.25) is 0 Å². The molecule has 0 aliphatic rings. The summed E-state index contributed by atoms with van der Waals surface area (Å²) >= 11 is 0. The van der Waals surface area contributed by atoms with E-state index in [1.165, 1.54) is 26.4 Å². The van der Waals surface area contributed by atoms with Gasteiger partial charge in [0.1, 0.15) is 0 Å². The van der Waals surface area contributed by atoms with Crippen LogP contribution in [0.2, 0.25) is 0 Å². The first kappa shape index (κ1) is 13.5. The maximum atomic E-state index is 11.3. The smallest absolute Gasteiger partial charge is 0.308 e. The third-order valence-corrected chi connectivity index (χ3v) is 2.98. The molecule has 0 aromatic carbocycles. The number of esters is 1. The molecule has 0 saturated heterocycles. The van der Waals surface area contributed by atoms with Gasteiger partial charge in [0.25, 0.3) is 0 Å². The summed E-state index contributed by atoms with van der Waals surface area (Å²) < 4.78 is 4.76. The first-order valence-electron chi connectivity index (χ1n) is 5.75. The average Bonchev–Trinajstić information content (AvgIpc) is 2.22. The molecule has 0 aliphatic carbocycles. The summed E-state index contributed by atoms with van der Waals surface area (Å²) in [5.41, 5.74) is 0. The molecule has 0 radical (unpaired) electrons. The summed E-state index contributed by atoms with van der Waals surface area (Å²) in [4.78, 5) is 11.3. The van der Waals surface area contributed by atoms with Crippen LogP contribution >= 0.6 is 0 Å². The quantitative estimate of drug-likeness (QED) is 0.465. The molecule has 0 aliphatic heterocycles. The average molecular weight is 200 g/mol. The number of carbonyl (C=O) groups is 1. The maximum absolute atomic E-state index is 11.3. The summed E-state index contributed by atoms with van der Waals surface area (Å²) in [6.45, 7) is 6.33. The first-order valence-corrected chi connectivity index (χ1v) is 5.75. The molecular formula is C12H24O2. The van der Waals surface area contributed by atoms with Gasteiger partial charge in [-0.25, -0.2) is 0 Å². The van der Waals surface area contributed by atoms with Crippen LogP contribution in [0.4, 0.5) is 0 Å². The SMILES string of the molecule is CCCCCC(CC)C(C)C(=O)OC. The van der Waals surface area contributed by atoms with E-state index in [2.05, 4.69) is 13.8 Å². The highest BCUT2D eigenvalue weighted by Gasteiger charge is 2.22. The minimum Gasteiger partial charge on any atom is -0.469 e. The molecule has 0 spiro atoms. The van der Waals surface area contributed by atoms with Crippen LogP contribution in [0.1, 0.15) is 52.9 Å². The van der Waals surface area contributed by atoms with E-state index < -0.39 is 0 Å². The molecule has 14 heavy (non-hydrogen) atoms. The minimum absolute atomic E-state index is 0.0573. The highest BCUT2D eigenvalue weighted by molar-refractivity contribution is 5.72. The maximum Gasteiger partial charge on any atom is 0.308 e. The van der Waals surface area contributed by atoms with E-state index in [0.717, 1.165) is 12.8 Å². The molecule has 2 unspecified atom stereocenters. The Kier molecular flexibility index (Phi) is 7.54. The Labute approximate surface area is 88.0 Å². The zero-order valence-corrected chi connectivity index (χ0v) is 10.0. The van der Waals surface area contributed by atoms with E-state index in [-0.39, 0.29) is 11.9 Å². The summed E-state index contributed by atoms with van der Waals surface area (Å²) in [6, 6.07) is 0. The van der Waals surface area contributed by atoms with Crippen molar-refractivity contribution in [1.29, 1.82) is 0 Å². The standard InChI is InChI=1S/C12H24O2/c1-5-7-8-9-11(6-2)10(3)12(13)14-4/h10-11H,5-9H2,1-4H3. The third kappa shape index (κ3) is 4.64. The second-order valence-electron chi connectivity index (χ2n) is 3.98. The largest absolute Gasteiger partial charge is 0.469 e. The summed E-state index contributed by atoms with van der Waals surface area (Å²) in [5, 5.41) is 0. The van der Waals surface area contributed by atoms with Crippen molar-refractivity contribution in [2.75, 3.05) is 7.11 Å². The molecule has 0 bridgehead atoms. The molecule has 0 saturated carbocycles. The highest BCUT2D eigenvalue weighted by atomic mass is 16.5. The van der Waals surface area contributed by atoms with Crippen LogP contribution in [0.15, 0.2) is 0 Å². The number of hydrogen-bond acceptors (Lipinski definition) is 2. The molecule has 0 heterocycles. The molecule has 0 fully saturated rings. The van der Waals surface area contributed by atoms with Crippen LogP contribution in [-0.4, -0.2) is 13.1 Å². The van der Waals surface area contributed by atoms with Gasteiger partial charge >= 0.3 is 5.97 Å². The predicted octanol–water partition coefficient (Wildman–Crippen LogP) is 3.40. The van der Waals surface area contributed by atoms with Gasteiger partial charge in [0, 0.05) is 0 Å². The van der Waals surface area contributed by atoms with Crippen molar-refractivity contribution in [3.05, 3.63) is 0 Å². The number of rotatable bonds is 7. The second-order valence-corrected chi connectivity index (χ2v) is 3.98. The van der Waals surface area contributed by atoms with Crippen LogP contribution in [-0.2, 0) is 9.53 Å². The zero-order valence-electron chi connectivity index (χ0n) is 10.0. The molecule has 2 nitrogen and oxygen atoms in total. The molecular weight excluding hydrogens is 176 g/mol. The van der Waals surface area contributed by atoms with Gasteiger partial charge in [-0.15, -0.1) is 0 Å². The lowest BCUT2D eigenvalue weighted by Crippen LogP contribution is -2.21. The van der Waals surface area contributed by atoms with Crippen LogP contribution in [0.5, 0.6) is 0 Å². The Balaban J connectivity index is 3.92. The number of hydrogen-bond donors (Lipinski definition) is 0. The predicted molar refractivity (Wildman–Crippen MR) is 59.1 cm³/mol. The molecule has 0 rings (SSSR count). The second kappa shape index (κ2) is 7.84. The minimum atomic E-state index is -0.0617. The Bertz CT molecular complexity index is 154. The Morgan fingerprint density at radius 2 is 1.93 bits per heavy atom. The summed E-state index contributed by atoms with van der Waals surface area (Å²) in [5.74, 6) is 0.490. The van der Waals surface area contributed by atoms with E-state index >= 15 is 0 Å². The van der Waals surface area contributed by atoms with Crippen molar-refractivity contribution >= 4 is 5.97 Å². The lowest BCUT2D eigenvalue weighted by molar-refractivity contribution is -0.146. The van der Waals surface area contributed by atoms with Crippen LogP contribution in [0, 0.1) is 11.8 Å². The van der Waals surface area contributed by atoms with Gasteiger partial charge in [-0.3, -0.25) is 4.79 Å². The van der Waals surface area contributed by atoms with E-state index in [0.29, 0.717) is 5.92 Å². The number of carbonyl (C=O) groups excluding carboxylic acids is 1. The highest BCUT2D eigenvalue weighted by Crippen LogP contribution is 2.23. The summed E-state index contributed by atoms with van der Waals surface area (Å²) in [7, 11) is 1.47. The van der Waals surface area contributed by atoms with E-state index in [1.807, 2.05) is 6.92 Å². The van der Waals surface area contributed by atoms with Gasteiger partial charge in [-0.1, -0.05) is 46.5 Å². The van der Waals surface area contributed by atoms with Crippen molar-refractivity contribution in [2.45, 2.75) is 52.9 Å². The van der Waals surface area contributed by atoms with Crippen molar-refractivity contribution in [1.82, 2.24) is 0 Å². The van der Waals surface area contributed by atoms with Crippen LogP contribution < -0.4 is 0 Å². The Morgan fingerprint density at radius 3 is 2.36 bits per heavy atom. The van der Waals surface area contributed by atoms with Crippen LogP contribution in [0.3, 0.4) is 0 Å². The van der Waals surface area contributed by atoms with E-state index in [1.54, 1.807) is 0 Å². The first-order chi connectivity index (χ1) is 6.67. The zero-order chi connectivity index (χ0) is 11.0. The van der Waals surface area contributed by atoms with Crippen molar-refractivity contribution in [3.63, 3.8) is 0 Å². The fraction of sp³-hybridized carbons (Fsp3) is 0.917. The number of ether oxygens (including phenoxy) is 1. The lowest BCUT2D eigenvalue weighted by atomic mass is 9.87. The fourth-order valence-corrected chi connectivity index (χ4v) is 1.84. The van der Waals surface area contributed by atoms with Crippen LogP contribution in [0.25, 0.3) is 0 Å². The van der Waals surface area contributed by atoms with E-state index in [9.17, 15) is 4.79 Å². The molecule has 2 atom stereocenters. The number of unbranched alkanes of at least 4 members (excludes halogenated alkanes) is 2.